The quantitative estimate of drug-likeness (QED) is 0.712. The molecule has 3 aromatic rings. The average Bonchev–Trinajstić information content (AvgIpc) is 3.02. The second-order valence-corrected chi connectivity index (χ2v) is 6.58. The highest BCUT2D eigenvalue weighted by Gasteiger charge is 2.30. The van der Waals surface area contributed by atoms with Gasteiger partial charge in [0.05, 0.1) is 16.6 Å². The molecule has 6 nitrogen and oxygen atoms in total. The van der Waals surface area contributed by atoms with Crippen LogP contribution in [-0.2, 0) is 23.9 Å². The van der Waals surface area contributed by atoms with Gasteiger partial charge in [-0.05, 0) is 18.2 Å². The van der Waals surface area contributed by atoms with Crippen LogP contribution in [0.15, 0.2) is 36.4 Å². The van der Waals surface area contributed by atoms with Crippen LogP contribution in [0, 0.1) is 0 Å². The van der Waals surface area contributed by atoms with E-state index in [4.69, 9.17) is 9.47 Å². The predicted octanol–water partition coefficient (Wildman–Crippen LogP) is 4.03. The number of halogens is 3. The van der Waals surface area contributed by atoms with Crippen LogP contribution in [0.1, 0.15) is 18.3 Å². The average molecular weight is 405 g/mol. The summed E-state index contributed by atoms with van der Waals surface area (Å²) in [4.78, 5) is 17.1. The molecule has 9 heteroatoms. The Bertz CT molecular complexity index is 1080. The Morgan fingerprint density at radius 1 is 1.17 bits per heavy atom. The van der Waals surface area contributed by atoms with E-state index in [1.807, 2.05) is 6.92 Å². The monoisotopic (exact) mass is 405 g/mol. The molecule has 1 aromatic heterocycles. The zero-order valence-corrected chi connectivity index (χ0v) is 15.5. The topological polar surface area (TPSA) is 65.4 Å². The molecule has 0 aliphatic carbocycles. The Labute approximate surface area is 164 Å². The van der Waals surface area contributed by atoms with Gasteiger partial charge in [-0.3, -0.25) is 4.79 Å². The van der Waals surface area contributed by atoms with E-state index in [-0.39, 0.29) is 12.2 Å². The first-order valence-corrected chi connectivity index (χ1v) is 9.11. The van der Waals surface area contributed by atoms with Gasteiger partial charge in [0, 0.05) is 24.2 Å². The van der Waals surface area contributed by atoms with E-state index in [2.05, 4.69) is 10.3 Å². The molecule has 0 spiro atoms. The second kappa shape index (κ2) is 7.31. The van der Waals surface area contributed by atoms with Crippen LogP contribution in [-0.4, -0.2) is 28.7 Å². The number of anilines is 1. The van der Waals surface area contributed by atoms with Gasteiger partial charge in [-0.15, -0.1) is 0 Å². The second-order valence-electron chi connectivity index (χ2n) is 6.58. The number of carbonyl (C=O) groups is 1. The third-order valence-corrected chi connectivity index (χ3v) is 4.58. The van der Waals surface area contributed by atoms with E-state index in [0.717, 1.165) is 12.1 Å². The Balaban J connectivity index is 1.61. The standard InChI is InChI=1S/C20H18F3N3O3/c1-2-18-25-14-9-16-17(29-7-6-28-16)10-15(14)26(18)11-19(27)24-13-5-3-4-12(8-13)20(21,22)23/h3-5,8-10H,2,6-7,11H2,1H3,(H,24,27). The van der Waals surface area contributed by atoms with Crippen molar-refractivity contribution in [1.82, 2.24) is 9.55 Å². The first kappa shape index (κ1) is 19.1. The third kappa shape index (κ3) is 3.85. The number of carbonyl (C=O) groups excluding carboxylic acids is 1. The van der Waals surface area contributed by atoms with Crippen molar-refractivity contribution < 1.29 is 27.4 Å². The van der Waals surface area contributed by atoms with E-state index in [0.29, 0.717) is 48.0 Å². The lowest BCUT2D eigenvalue weighted by atomic mass is 10.2. The van der Waals surface area contributed by atoms with Crippen LogP contribution >= 0.6 is 0 Å². The summed E-state index contributed by atoms with van der Waals surface area (Å²) < 4.78 is 51.5. The molecule has 1 amide bonds. The zero-order valence-electron chi connectivity index (χ0n) is 15.5. The van der Waals surface area contributed by atoms with Crippen molar-refractivity contribution in [2.75, 3.05) is 18.5 Å². The van der Waals surface area contributed by atoms with E-state index in [1.165, 1.54) is 12.1 Å². The number of rotatable bonds is 4. The van der Waals surface area contributed by atoms with Crippen molar-refractivity contribution in [3.05, 3.63) is 47.8 Å². The summed E-state index contributed by atoms with van der Waals surface area (Å²) in [5, 5.41) is 2.53. The van der Waals surface area contributed by atoms with Crippen LogP contribution < -0.4 is 14.8 Å². The molecule has 2 aromatic carbocycles. The maximum Gasteiger partial charge on any atom is 0.416 e. The van der Waals surface area contributed by atoms with Crippen molar-refractivity contribution in [3.63, 3.8) is 0 Å². The third-order valence-electron chi connectivity index (χ3n) is 4.58. The van der Waals surface area contributed by atoms with Crippen molar-refractivity contribution in [2.24, 2.45) is 0 Å². The van der Waals surface area contributed by atoms with Crippen molar-refractivity contribution in [2.45, 2.75) is 26.1 Å². The minimum Gasteiger partial charge on any atom is -0.486 e. The number of ether oxygens (including phenoxy) is 2. The molecule has 0 fully saturated rings. The number of nitrogens with zero attached hydrogens (tertiary/aromatic N) is 2. The SMILES string of the molecule is CCc1nc2cc3c(cc2n1CC(=O)Nc1cccc(C(F)(F)F)c1)OCCO3. The molecular weight excluding hydrogens is 387 g/mol. The number of aromatic nitrogens is 2. The molecule has 1 aliphatic heterocycles. The molecule has 0 radical (unpaired) electrons. The summed E-state index contributed by atoms with van der Waals surface area (Å²) in [7, 11) is 0. The molecule has 0 saturated heterocycles. The van der Waals surface area contributed by atoms with Crippen LogP contribution in [0.25, 0.3) is 11.0 Å². The summed E-state index contributed by atoms with van der Waals surface area (Å²) in [5.41, 5.74) is 0.631. The normalized spacial score (nSPS) is 13.5. The van der Waals surface area contributed by atoms with E-state index < -0.39 is 17.6 Å². The summed E-state index contributed by atoms with van der Waals surface area (Å²) in [6, 6.07) is 8.08. The van der Waals surface area contributed by atoms with Gasteiger partial charge in [-0.25, -0.2) is 4.98 Å². The van der Waals surface area contributed by atoms with E-state index in [1.54, 1.807) is 16.7 Å². The molecule has 2 heterocycles. The smallest absolute Gasteiger partial charge is 0.416 e. The maximum absolute atomic E-state index is 12.9. The van der Waals surface area contributed by atoms with Gasteiger partial charge in [-0.2, -0.15) is 13.2 Å². The molecule has 0 saturated carbocycles. The van der Waals surface area contributed by atoms with Gasteiger partial charge in [0.2, 0.25) is 5.91 Å². The molecule has 0 bridgehead atoms. The van der Waals surface area contributed by atoms with Gasteiger partial charge in [0.15, 0.2) is 11.5 Å². The summed E-state index contributed by atoms with van der Waals surface area (Å²) in [5.74, 6) is 1.41. The molecule has 0 unspecified atom stereocenters. The Morgan fingerprint density at radius 3 is 2.59 bits per heavy atom. The number of hydrogen-bond acceptors (Lipinski definition) is 4. The lowest BCUT2D eigenvalue weighted by Crippen LogP contribution is -2.20. The fourth-order valence-electron chi connectivity index (χ4n) is 3.28. The van der Waals surface area contributed by atoms with E-state index in [9.17, 15) is 18.0 Å². The fourth-order valence-corrected chi connectivity index (χ4v) is 3.28. The zero-order chi connectivity index (χ0) is 20.6. The van der Waals surface area contributed by atoms with Gasteiger partial charge >= 0.3 is 6.18 Å². The fraction of sp³-hybridized carbons (Fsp3) is 0.300. The summed E-state index contributed by atoms with van der Waals surface area (Å²) >= 11 is 0. The molecule has 4 rings (SSSR count). The van der Waals surface area contributed by atoms with Crippen LogP contribution in [0.5, 0.6) is 11.5 Å². The van der Waals surface area contributed by atoms with E-state index >= 15 is 0 Å². The minimum absolute atomic E-state index is 0.0846. The molecule has 0 atom stereocenters. The number of aryl methyl sites for hydroxylation is 1. The number of imidazole rings is 1. The molecule has 1 N–H and O–H groups in total. The number of nitrogens with one attached hydrogen (secondary N) is 1. The van der Waals surface area contributed by atoms with Crippen LogP contribution in [0.3, 0.4) is 0 Å². The predicted molar refractivity (Wildman–Crippen MR) is 100 cm³/mol. The lowest BCUT2D eigenvalue weighted by molar-refractivity contribution is -0.137. The summed E-state index contributed by atoms with van der Waals surface area (Å²) in [6.45, 7) is 2.72. The molecular formula is C20H18F3N3O3. The van der Waals surface area contributed by atoms with Crippen LogP contribution in [0.2, 0.25) is 0 Å². The first-order chi connectivity index (χ1) is 13.8. The number of benzene rings is 2. The Hall–Kier alpha value is -3.23. The first-order valence-electron chi connectivity index (χ1n) is 9.11. The highest BCUT2D eigenvalue weighted by molar-refractivity contribution is 5.92. The van der Waals surface area contributed by atoms with Gasteiger partial charge < -0.3 is 19.4 Å². The Kier molecular flexibility index (Phi) is 4.81. The van der Waals surface area contributed by atoms with Crippen LogP contribution in [0.4, 0.5) is 18.9 Å². The number of amides is 1. The Morgan fingerprint density at radius 2 is 1.90 bits per heavy atom. The number of hydrogen-bond donors (Lipinski definition) is 1. The largest absolute Gasteiger partial charge is 0.486 e. The summed E-state index contributed by atoms with van der Waals surface area (Å²) in [6.07, 6.45) is -3.89. The van der Waals surface area contributed by atoms with Gasteiger partial charge in [-0.1, -0.05) is 13.0 Å². The molecule has 29 heavy (non-hydrogen) atoms. The van der Waals surface area contributed by atoms with Gasteiger partial charge in [0.25, 0.3) is 0 Å². The van der Waals surface area contributed by atoms with Crippen molar-refractivity contribution in [1.29, 1.82) is 0 Å². The lowest BCUT2D eigenvalue weighted by Gasteiger charge is -2.18. The van der Waals surface area contributed by atoms with Crippen molar-refractivity contribution >= 4 is 22.6 Å². The minimum atomic E-state index is -4.47. The molecule has 1 aliphatic rings. The highest BCUT2D eigenvalue weighted by atomic mass is 19.4. The van der Waals surface area contributed by atoms with Crippen molar-refractivity contribution in [3.8, 4) is 11.5 Å². The number of alkyl halides is 3. The number of fused-ring (bicyclic) bond motifs is 2. The van der Waals surface area contributed by atoms with Gasteiger partial charge in [0.1, 0.15) is 25.6 Å². The molecule has 152 valence electrons. The highest BCUT2D eigenvalue weighted by Crippen LogP contribution is 2.35. The maximum atomic E-state index is 12.9.